The van der Waals surface area contributed by atoms with Crippen molar-refractivity contribution in [3.05, 3.63) is 78.6 Å². The maximum atomic E-state index is 12.0. The van der Waals surface area contributed by atoms with Crippen LogP contribution in [-0.2, 0) is 9.59 Å². The summed E-state index contributed by atoms with van der Waals surface area (Å²) in [5.41, 5.74) is 5.21. The van der Waals surface area contributed by atoms with Gasteiger partial charge in [-0.2, -0.15) is 5.10 Å². The zero-order valence-electron chi connectivity index (χ0n) is 15.5. The average molecular weight is 376 g/mol. The van der Waals surface area contributed by atoms with Crippen molar-refractivity contribution in [2.45, 2.75) is 6.92 Å². The molecule has 1 heterocycles. The molecule has 2 aromatic carbocycles. The first kappa shape index (κ1) is 18.9. The zero-order chi connectivity index (χ0) is 19.9. The van der Waals surface area contributed by atoms with Gasteiger partial charge in [0.25, 0.3) is 0 Å². The number of amides is 2. The Bertz CT molecular complexity index is 976. The molecule has 3 rings (SSSR count). The second kappa shape index (κ2) is 8.68. The van der Waals surface area contributed by atoms with Crippen molar-refractivity contribution in [2.24, 2.45) is 5.10 Å². The first-order valence-electron chi connectivity index (χ1n) is 8.60. The summed E-state index contributed by atoms with van der Waals surface area (Å²) in [5.74, 6) is -0.991. The van der Waals surface area contributed by atoms with Crippen LogP contribution in [0.5, 0.6) is 5.75 Å². The topological polar surface area (TPSA) is 84.7 Å². The van der Waals surface area contributed by atoms with Crippen molar-refractivity contribution in [2.75, 3.05) is 12.4 Å². The summed E-state index contributed by atoms with van der Waals surface area (Å²) in [6.07, 6.45) is 3.91. The van der Waals surface area contributed by atoms with Crippen LogP contribution in [0, 0.1) is 0 Å². The third-order valence-electron chi connectivity index (χ3n) is 4.07. The first-order chi connectivity index (χ1) is 13.6. The molecule has 7 nitrogen and oxygen atoms in total. The van der Waals surface area contributed by atoms with Crippen molar-refractivity contribution in [3.63, 3.8) is 0 Å². The van der Waals surface area contributed by atoms with E-state index in [2.05, 4.69) is 15.8 Å². The number of nitrogens with zero attached hydrogens (tertiary/aromatic N) is 2. The molecule has 1 aromatic heterocycles. The highest BCUT2D eigenvalue weighted by Gasteiger charge is 2.13. The fourth-order valence-electron chi connectivity index (χ4n) is 2.49. The summed E-state index contributed by atoms with van der Waals surface area (Å²) < 4.78 is 7.03. The molecule has 0 radical (unpaired) electrons. The van der Waals surface area contributed by atoms with E-state index in [1.807, 2.05) is 53.4 Å². The smallest absolute Gasteiger partial charge is 0.329 e. The van der Waals surface area contributed by atoms with Gasteiger partial charge < -0.3 is 14.6 Å². The van der Waals surface area contributed by atoms with Gasteiger partial charge in [0.15, 0.2) is 0 Å². The monoisotopic (exact) mass is 376 g/mol. The van der Waals surface area contributed by atoms with Crippen LogP contribution < -0.4 is 15.5 Å². The Labute approximate surface area is 162 Å². The Kier molecular flexibility index (Phi) is 5.86. The lowest BCUT2D eigenvalue weighted by Crippen LogP contribution is -2.32. The normalized spacial score (nSPS) is 11.0. The van der Waals surface area contributed by atoms with Crippen LogP contribution in [0.2, 0.25) is 0 Å². The largest absolute Gasteiger partial charge is 0.497 e. The van der Waals surface area contributed by atoms with Crippen LogP contribution in [0.15, 0.2) is 78.2 Å². The van der Waals surface area contributed by atoms with E-state index in [1.54, 1.807) is 38.3 Å². The van der Waals surface area contributed by atoms with Crippen LogP contribution in [0.1, 0.15) is 12.5 Å². The Balaban J connectivity index is 1.58. The van der Waals surface area contributed by atoms with Gasteiger partial charge in [0.2, 0.25) is 0 Å². The van der Waals surface area contributed by atoms with Gasteiger partial charge in [0.1, 0.15) is 5.75 Å². The quantitative estimate of drug-likeness (QED) is 0.408. The van der Waals surface area contributed by atoms with E-state index < -0.39 is 11.8 Å². The molecule has 0 unspecified atom stereocenters. The maximum absolute atomic E-state index is 12.0. The Morgan fingerprint density at radius 3 is 2.18 bits per heavy atom. The van der Waals surface area contributed by atoms with E-state index in [9.17, 15) is 9.59 Å². The van der Waals surface area contributed by atoms with Gasteiger partial charge in [-0.3, -0.25) is 9.59 Å². The Morgan fingerprint density at radius 1 is 0.929 bits per heavy atom. The van der Waals surface area contributed by atoms with E-state index in [-0.39, 0.29) is 0 Å². The SMILES string of the molecule is COc1ccc(NC(=O)C(=O)N/N=C(\C)c2ccc(-n3cccc3)cc2)cc1. The minimum absolute atomic E-state index is 0.488. The highest BCUT2D eigenvalue weighted by Crippen LogP contribution is 2.15. The number of ether oxygens (including phenoxy) is 1. The van der Waals surface area contributed by atoms with E-state index >= 15 is 0 Å². The number of nitrogens with one attached hydrogen (secondary N) is 2. The van der Waals surface area contributed by atoms with Gasteiger partial charge in [0.05, 0.1) is 12.8 Å². The number of hydrogen-bond donors (Lipinski definition) is 2. The van der Waals surface area contributed by atoms with E-state index in [1.165, 1.54) is 0 Å². The van der Waals surface area contributed by atoms with Gasteiger partial charge >= 0.3 is 11.8 Å². The van der Waals surface area contributed by atoms with Crippen LogP contribution in [0.4, 0.5) is 5.69 Å². The highest BCUT2D eigenvalue weighted by atomic mass is 16.5. The molecule has 7 heteroatoms. The lowest BCUT2D eigenvalue weighted by Gasteiger charge is -2.07. The summed E-state index contributed by atoms with van der Waals surface area (Å²) in [6.45, 7) is 1.76. The molecule has 2 N–H and O–H groups in total. The molecule has 0 aliphatic carbocycles. The zero-order valence-corrected chi connectivity index (χ0v) is 15.5. The summed E-state index contributed by atoms with van der Waals surface area (Å²) >= 11 is 0. The number of carbonyl (C=O) groups is 2. The molecule has 0 saturated carbocycles. The second-order valence-electron chi connectivity index (χ2n) is 5.96. The molecule has 28 heavy (non-hydrogen) atoms. The molecule has 0 fully saturated rings. The molecule has 0 saturated heterocycles. The molecular formula is C21H20N4O3. The predicted octanol–water partition coefficient (Wildman–Crippen LogP) is 2.96. The molecule has 0 aliphatic rings. The summed E-state index contributed by atoms with van der Waals surface area (Å²) in [6, 6.07) is 18.3. The van der Waals surface area contributed by atoms with Crippen molar-refractivity contribution in [3.8, 4) is 11.4 Å². The third-order valence-corrected chi connectivity index (χ3v) is 4.07. The van der Waals surface area contributed by atoms with Gasteiger partial charge in [-0.05, 0) is 61.0 Å². The Morgan fingerprint density at radius 2 is 1.57 bits per heavy atom. The van der Waals surface area contributed by atoms with E-state index in [0.717, 1.165) is 11.3 Å². The lowest BCUT2D eigenvalue weighted by molar-refractivity contribution is -0.136. The number of rotatable bonds is 5. The number of anilines is 1. The maximum Gasteiger partial charge on any atom is 0.329 e. The molecule has 0 bridgehead atoms. The molecule has 0 spiro atoms. The van der Waals surface area contributed by atoms with Crippen molar-refractivity contribution in [1.29, 1.82) is 0 Å². The van der Waals surface area contributed by atoms with Gasteiger partial charge in [-0.1, -0.05) is 12.1 Å². The second-order valence-corrected chi connectivity index (χ2v) is 5.96. The van der Waals surface area contributed by atoms with E-state index in [4.69, 9.17) is 4.74 Å². The van der Waals surface area contributed by atoms with Crippen LogP contribution >= 0.6 is 0 Å². The predicted molar refractivity (Wildman–Crippen MR) is 108 cm³/mol. The summed E-state index contributed by atoms with van der Waals surface area (Å²) in [5, 5.41) is 6.51. The fourth-order valence-corrected chi connectivity index (χ4v) is 2.49. The average Bonchev–Trinajstić information content (AvgIpc) is 3.27. The number of carbonyl (C=O) groups excluding carboxylic acids is 2. The van der Waals surface area contributed by atoms with Crippen molar-refractivity contribution < 1.29 is 14.3 Å². The molecule has 142 valence electrons. The fraction of sp³-hybridized carbons (Fsp3) is 0.0952. The number of methoxy groups -OCH3 is 1. The highest BCUT2D eigenvalue weighted by molar-refractivity contribution is 6.39. The first-order valence-corrected chi connectivity index (χ1v) is 8.60. The number of hydrazone groups is 1. The van der Waals surface area contributed by atoms with Crippen LogP contribution in [-0.4, -0.2) is 29.2 Å². The molecule has 3 aromatic rings. The number of hydrogen-bond acceptors (Lipinski definition) is 4. The number of benzene rings is 2. The molecule has 2 amide bonds. The minimum Gasteiger partial charge on any atom is -0.497 e. The van der Waals surface area contributed by atoms with Gasteiger partial charge in [-0.15, -0.1) is 0 Å². The van der Waals surface area contributed by atoms with Gasteiger partial charge in [0, 0.05) is 23.8 Å². The van der Waals surface area contributed by atoms with Crippen LogP contribution in [0.3, 0.4) is 0 Å². The van der Waals surface area contributed by atoms with E-state index in [0.29, 0.717) is 17.1 Å². The summed E-state index contributed by atoms with van der Waals surface area (Å²) in [7, 11) is 1.55. The standard InChI is InChI=1S/C21H20N4O3/c1-15(16-5-9-18(10-6-16)25-13-3-4-14-25)23-24-21(27)20(26)22-17-7-11-19(28-2)12-8-17/h3-14H,1-2H3,(H,22,26)(H,24,27)/b23-15+. The number of aromatic nitrogens is 1. The minimum atomic E-state index is -0.848. The van der Waals surface area contributed by atoms with Crippen LogP contribution in [0.25, 0.3) is 5.69 Å². The van der Waals surface area contributed by atoms with Crippen molar-refractivity contribution in [1.82, 2.24) is 9.99 Å². The summed E-state index contributed by atoms with van der Waals surface area (Å²) in [4.78, 5) is 23.9. The molecular weight excluding hydrogens is 356 g/mol. The molecule has 0 aliphatic heterocycles. The van der Waals surface area contributed by atoms with Gasteiger partial charge in [-0.25, -0.2) is 5.43 Å². The third kappa shape index (κ3) is 4.64. The molecule has 0 atom stereocenters. The Hall–Kier alpha value is -3.87. The lowest BCUT2D eigenvalue weighted by atomic mass is 10.1. The van der Waals surface area contributed by atoms with Crippen molar-refractivity contribution >= 4 is 23.2 Å².